The Morgan fingerprint density at radius 3 is 2.38 bits per heavy atom. The van der Waals surface area contributed by atoms with Gasteiger partial charge in [0.25, 0.3) is 5.91 Å². The van der Waals surface area contributed by atoms with Crippen molar-refractivity contribution in [2.75, 3.05) is 37.6 Å². The number of anilines is 1. The van der Waals surface area contributed by atoms with Crippen molar-refractivity contribution in [3.8, 4) is 0 Å². The maximum absolute atomic E-state index is 14.4. The predicted molar refractivity (Wildman–Crippen MR) is 122 cm³/mol. The van der Waals surface area contributed by atoms with Gasteiger partial charge < -0.3 is 15.5 Å². The lowest BCUT2D eigenvalue weighted by Gasteiger charge is -2.36. The molecule has 3 aliphatic rings. The first-order valence-electron chi connectivity index (χ1n) is 11.2. The summed E-state index contributed by atoms with van der Waals surface area (Å²) in [6.45, 7) is 2.19. The van der Waals surface area contributed by atoms with Gasteiger partial charge in [0.05, 0.1) is 10.7 Å². The lowest BCUT2D eigenvalue weighted by molar-refractivity contribution is -0.139. The Hall–Kier alpha value is -2.28. The Labute approximate surface area is 202 Å². The third-order valence-corrected chi connectivity index (χ3v) is 8.34. The molecule has 34 heavy (non-hydrogen) atoms. The molecule has 3 N–H and O–H groups in total. The Morgan fingerprint density at radius 1 is 1.12 bits per heavy atom. The molecular weight excluding hydrogens is 489 g/mol. The van der Waals surface area contributed by atoms with Crippen molar-refractivity contribution in [2.45, 2.75) is 49.1 Å². The molecule has 4 rings (SSSR count). The second-order valence-electron chi connectivity index (χ2n) is 8.79. The largest absolute Gasteiger partial charge is 0.368 e. The summed E-state index contributed by atoms with van der Waals surface area (Å²) < 4.78 is 42.7. The van der Waals surface area contributed by atoms with Crippen molar-refractivity contribution in [2.24, 2.45) is 5.73 Å². The van der Waals surface area contributed by atoms with E-state index in [1.54, 1.807) is 0 Å². The number of piperazine rings is 1. The first-order chi connectivity index (χ1) is 16.1. The van der Waals surface area contributed by atoms with E-state index in [-0.39, 0.29) is 29.6 Å². The number of nitrogens with two attached hydrogens (primary N) is 1. The molecule has 0 bridgehead atoms. The van der Waals surface area contributed by atoms with Gasteiger partial charge in [-0.3, -0.25) is 19.3 Å². The minimum absolute atomic E-state index is 0.0788. The third kappa shape index (κ3) is 5.19. The van der Waals surface area contributed by atoms with Crippen LogP contribution in [0.4, 0.5) is 10.1 Å². The van der Waals surface area contributed by atoms with E-state index in [2.05, 4.69) is 4.90 Å². The van der Waals surface area contributed by atoms with Gasteiger partial charge in [-0.25, -0.2) is 12.8 Å². The Balaban J connectivity index is 1.56. The Morgan fingerprint density at radius 2 is 1.79 bits per heavy atom. The first-order valence-corrected chi connectivity index (χ1v) is 13.1. The standard InChI is InChI=1S/C21H27ClFN5O5S/c22-18-15(28-6-2-1-3-17(28)29)11-13(23)12-16(18)34(32,33)25-19(20(24)30)21(31)27-9-7-26(8-10-27)14-4-5-14/h11-12,14,19,25H,1-10H2,(H2,24,30)/t19-/m0/s1. The number of primary amides is 1. The molecule has 3 amide bonds. The summed E-state index contributed by atoms with van der Waals surface area (Å²) in [5, 5.41) is -0.377. The van der Waals surface area contributed by atoms with Gasteiger partial charge in [-0.2, -0.15) is 4.72 Å². The van der Waals surface area contributed by atoms with Crippen molar-refractivity contribution >= 4 is 45.0 Å². The zero-order valence-electron chi connectivity index (χ0n) is 18.5. The molecule has 186 valence electrons. The van der Waals surface area contributed by atoms with Gasteiger partial charge in [0.2, 0.25) is 21.8 Å². The van der Waals surface area contributed by atoms with Gasteiger partial charge in [-0.05, 0) is 37.8 Å². The van der Waals surface area contributed by atoms with Crippen LogP contribution in [-0.2, 0) is 24.4 Å². The van der Waals surface area contributed by atoms with Crippen molar-refractivity contribution in [1.82, 2.24) is 14.5 Å². The number of piperidine rings is 1. The van der Waals surface area contributed by atoms with Crippen LogP contribution in [0.2, 0.25) is 5.02 Å². The van der Waals surface area contributed by atoms with Gasteiger partial charge in [-0.15, -0.1) is 0 Å². The Kier molecular flexibility index (Phi) is 7.13. The predicted octanol–water partition coefficient (Wildman–Crippen LogP) is 0.435. The summed E-state index contributed by atoms with van der Waals surface area (Å²) >= 11 is 6.31. The number of sulfonamides is 1. The van der Waals surface area contributed by atoms with Crippen molar-refractivity contribution in [1.29, 1.82) is 0 Å². The fourth-order valence-corrected chi connectivity index (χ4v) is 6.16. The molecule has 13 heteroatoms. The van der Waals surface area contributed by atoms with E-state index < -0.39 is 38.6 Å². The highest BCUT2D eigenvalue weighted by Gasteiger charge is 2.38. The van der Waals surface area contributed by atoms with Crippen LogP contribution in [0.5, 0.6) is 0 Å². The van der Waals surface area contributed by atoms with Gasteiger partial charge in [0.1, 0.15) is 10.7 Å². The lowest BCUT2D eigenvalue weighted by atomic mass is 10.1. The maximum atomic E-state index is 14.4. The van der Waals surface area contributed by atoms with Crippen LogP contribution < -0.4 is 15.4 Å². The molecule has 10 nitrogen and oxygen atoms in total. The lowest BCUT2D eigenvalue weighted by Crippen LogP contribution is -2.58. The molecule has 1 aliphatic carbocycles. The van der Waals surface area contributed by atoms with Crippen LogP contribution in [0.25, 0.3) is 0 Å². The van der Waals surface area contributed by atoms with Crippen molar-refractivity contribution < 1.29 is 27.2 Å². The molecule has 0 spiro atoms. The quantitative estimate of drug-likeness (QED) is 0.506. The smallest absolute Gasteiger partial charge is 0.250 e. The number of nitrogens with zero attached hydrogens (tertiary/aromatic N) is 3. The summed E-state index contributed by atoms with van der Waals surface area (Å²) in [6, 6.07) is 0.316. The second kappa shape index (κ2) is 9.76. The van der Waals surface area contributed by atoms with Gasteiger partial charge in [-0.1, -0.05) is 11.6 Å². The number of carbonyl (C=O) groups is 3. The summed E-state index contributed by atoms with van der Waals surface area (Å²) in [5.41, 5.74) is 5.29. The minimum Gasteiger partial charge on any atom is -0.368 e. The normalized spacial score (nSPS) is 20.9. The van der Waals surface area contributed by atoms with E-state index in [0.29, 0.717) is 51.1 Å². The van der Waals surface area contributed by atoms with E-state index in [1.165, 1.54) is 9.80 Å². The molecule has 1 saturated carbocycles. The molecule has 0 unspecified atom stereocenters. The van der Waals surface area contributed by atoms with E-state index in [9.17, 15) is 27.2 Å². The topological polar surface area (TPSA) is 133 Å². The molecule has 0 radical (unpaired) electrons. The molecule has 0 aromatic heterocycles. The molecule has 3 fully saturated rings. The van der Waals surface area contributed by atoms with Crippen LogP contribution in [0, 0.1) is 5.82 Å². The number of benzene rings is 1. The zero-order valence-corrected chi connectivity index (χ0v) is 20.1. The monoisotopic (exact) mass is 515 g/mol. The van der Waals surface area contributed by atoms with Crippen LogP contribution in [0.3, 0.4) is 0 Å². The fourth-order valence-electron chi connectivity index (χ4n) is 4.38. The first kappa shape index (κ1) is 24.8. The zero-order chi connectivity index (χ0) is 24.6. The Bertz CT molecular complexity index is 1110. The summed E-state index contributed by atoms with van der Waals surface area (Å²) in [6.07, 6.45) is 3.81. The summed E-state index contributed by atoms with van der Waals surface area (Å²) in [5.74, 6) is -3.19. The maximum Gasteiger partial charge on any atom is 0.250 e. The molecule has 2 aliphatic heterocycles. The number of nitrogens with one attached hydrogen (secondary N) is 1. The molecular formula is C21H27ClFN5O5S. The van der Waals surface area contributed by atoms with Crippen LogP contribution >= 0.6 is 11.6 Å². The highest BCUT2D eigenvalue weighted by atomic mass is 35.5. The van der Waals surface area contributed by atoms with Crippen LogP contribution in [0.15, 0.2) is 17.0 Å². The van der Waals surface area contributed by atoms with Gasteiger partial charge in [0.15, 0.2) is 6.04 Å². The minimum atomic E-state index is -4.65. The molecule has 2 heterocycles. The van der Waals surface area contributed by atoms with Crippen molar-refractivity contribution in [3.05, 3.63) is 23.0 Å². The highest BCUT2D eigenvalue weighted by molar-refractivity contribution is 7.89. The number of hydrogen-bond acceptors (Lipinski definition) is 6. The molecule has 2 saturated heterocycles. The molecule has 1 aromatic carbocycles. The van der Waals surface area contributed by atoms with E-state index >= 15 is 0 Å². The van der Waals surface area contributed by atoms with Crippen LogP contribution in [-0.4, -0.2) is 80.7 Å². The van der Waals surface area contributed by atoms with Gasteiger partial charge >= 0.3 is 0 Å². The number of hydrogen-bond donors (Lipinski definition) is 2. The number of carbonyl (C=O) groups excluding carboxylic acids is 3. The number of amides is 3. The highest BCUT2D eigenvalue weighted by Crippen LogP contribution is 2.35. The summed E-state index contributed by atoms with van der Waals surface area (Å²) in [7, 11) is -4.65. The third-order valence-electron chi connectivity index (χ3n) is 6.38. The van der Waals surface area contributed by atoms with Crippen molar-refractivity contribution in [3.63, 3.8) is 0 Å². The van der Waals surface area contributed by atoms with Gasteiger partial charge in [0, 0.05) is 45.2 Å². The molecule has 1 atom stereocenters. The average molecular weight is 516 g/mol. The van der Waals surface area contributed by atoms with E-state index in [4.69, 9.17) is 17.3 Å². The van der Waals surface area contributed by atoms with E-state index in [0.717, 1.165) is 18.9 Å². The fraction of sp³-hybridized carbons (Fsp3) is 0.571. The SMILES string of the molecule is NC(=O)[C@H](NS(=O)(=O)c1cc(F)cc(N2CCCCC2=O)c1Cl)C(=O)N1CCN(C2CC2)CC1. The van der Waals surface area contributed by atoms with E-state index in [1.807, 2.05) is 4.72 Å². The van der Waals surface area contributed by atoms with Crippen LogP contribution in [0.1, 0.15) is 32.1 Å². The molecule has 1 aromatic rings. The number of rotatable bonds is 7. The summed E-state index contributed by atoms with van der Waals surface area (Å²) in [4.78, 5) is 41.5. The average Bonchev–Trinajstić information content (AvgIpc) is 3.64. The second-order valence-corrected chi connectivity index (χ2v) is 10.8. The number of halogens is 2.